The summed E-state index contributed by atoms with van der Waals surface area (Å²) in [6.07, 6.45) is 2.01. The third-order valence-electron chi connectivity index (χ3n) is 4.59. The number of nitrogens with zero attached hydrogens (tertiary/aromatic N) is 2. The van der Waals surface area contributed by atoms with Gasteiger partial charge >= 0.3 is 0 Å². The third-order valence-corrected chi connectivity index (χ3v) is 5.79. The topological polar surface area (TPSA) is 54.5 Å². The van der Waals surface area contributed by atoms with E-state index < -0.39 is 0 Å². The van der Waals surface area contributed by atoms with Gasteiger partial charge in [0.05, 0.1) is 12.3 Å². The van der Waals surface area contributed by atoms with Crippen LogP contribution in [-0.4, -0.2) is 48.6 Å². The first-order valence-electron chi connectivity index (χ1n) is 8.79. The minimum Gasteiger partial charge on any atom is -0.494 e. The lowest BCUT2D eigenvalue weighted by Crippen LogP contribution is -2.43. The van der Waals surface area contributed by atoms with E-state index in [1.807, 2.05) is 50.1 Å². The molecule has 5 nitrogen and oxygen atoms in total. The van der Waals surface area contributed by atoms with Crippen LogP contribution in [0.15, 0.2) is 24.3 Å². The molecule has 1 aliphatic rings. The van der Waals surface area contributed by atoms with Crippen molar-refractivity contribution in [3.63, 3.8) is 0 Å². The lowest BCUT2D eigenvalue weighted by Gasteiger charge is -2.31. The van der Waals surface area contributed by atoms with Gasteiger partial charge in [-0.3, -0.25) is 4.79 Å². The summed E-state index contributed by atoms with van der Waals surface area (Å²) in [5, 5.41) is 4.18. The number of benzene rings is 1. The zero-order chi connectivity index (χ0) is 17.8. The molecule has 2 aromatic rings. The minimum atomic E-state index is 0.113. The van der Waals surface area contributed by atoms with Crippen LogP contribution in [0.1, 0.15) is 35.1 Å². The molecule has 0 radical (unpaired) electrons. The first-order chi connectivity index (χ1) is 12.1. The lowest BCUT2D eigenvalue weighted by atomic mass is 10.1. The van der Waals surface area contributed by atoms with E-state index in [0.29, 0.717) is 12.6 Å². The molecule has 2 heterocycles. The number of ether oxygens (including phenoxy) is 1. The zero-order valence-electron chi connectivity index (χ0n) is 15.0. The molecule has 1 aromatic carbocycles. The molecule has 1 saturated heterocycles. The molecule has 1 aromatic heterocycles. The first-order valence-corrected chi connectivity index (χ1v) is 9.61. The van der Waals surface area contributed by atoms with Gasteiger partial charge in [-0.15, -0.1) is 11.3 Å². The second-order valence-corrected chi connectivity index (χ2v) is 7.25. The van der Waals surface area contributed by atoms with Gasteiger partial charge in [0.25, 0.3) is 5.91 Å². The summed E-state index contributed by atoms with van der Waals surface area (Å²) in [6.45, 7) is 6.15. The third kappa shape index (κ3) is 4.02. The van der Waals surface area contributed by atoms with E-state index in [2.05, 4.69) is 10.3 Å². The Bertz CT molecular complexity index is 719. The van der Waals surface area contributed by atoms with E-state index in [1.54, 1.807) is 0 Å². The van der Waals surface area contributed by atoms with Crippen molar-refractivity contribution in [1.82, 2.24) is 15.2 Å². The molecular weight excluding hydrogens is 334 g/mol. The van der Waals surface area contributed by atoms with Crippen LogP contribution in [0.25, 0.3) is 10.6 Å². The normalized spacial score (nSPS) is 15.4. The van der Waals surface area contributed by atoms with Crippen molar-refractivity contribution in [2.45, 2.75) is 32.7 Å². The summed E-state index contributed by atoms with van der Waals surface area (Å²) in [5.74, 6) is 0.963. The summed E-state index contributed by atoms with van der Waals surface area (Å²) < 4.78 is 5.48. The predicted octanol–water partition coefficient (Wildman–Crippen LogP) is 3.34. The standard InChI is InChI=1S/C19H25N3O2S/c1-4-24-16-7-5-14(6-8-16)18-21-13(2)17(25-18)19(23)22-11-9-15(20-3)10-12-22/h5-8,15,20H,4,9-12H2,1-3H3. The molecule has 25 heavy (non-hydrogen) atoms. The Morgan fingerprint density at radius 2 is 2.00 bits per heavy atom. The summed E-state index contributed by atoms with van der Waals surface area (Å²) in [4.78, 5) is 20.2. The number of carbonyl (C=O) groups is 1. The van der Waals surface area contributed by atoms with Crippen molar-refractivity contribution in [2.24, 2.45) is 0 Å². The maximum atomic E-state index is 12.9. The van der Waals surface area contributed by atoms with Crippen molar-refractivity contribution in [3.8, 4) is 16.3 Å². The molecule has 1 N–H and O–H groups in total. The van der Waals surface area contributed by atoms with E-state index in [4.69, 9.17) is 4.74 Å². The van der Waals surface area contributed by atoms with Crippen LogP contribution < -0.4 is 10.1 Å². The van der Waals surface area contributed by atoms with E-state index in [9.17, 15) is 4.79 Å². The summed E-state index contributed by atoms with van der Waals surface area (Å²) in [5.41, 5.74) is 1.83. The molecule has 0 unspecified atom stereocenters. The minimum absolute atomic E-state index is 0.113. The highest BCUT2D eigenvalue weighted by atomic mass is 32.1. The van der Waals surface area contributed by atoms with E-state index in [0.717, 1.165) is 52.8 Å². The molecule has 3 rings (SSSR count). The number of amides is 1. The van der Waals surface area contributed by atoms with Gasteiger partial charge in [0.15, 0.2) is 0 Å². The van der Waals surface area contributed by atoms with E-state index in [1.165, 1.54) is 11.3 Å². The Morgan fingerprint density at radius 3 is 2.60 bits per heavy atom. The molecule has 1 aliphatic heterocycles. The van der Waals surface area contributed by atoms with E-state index >= 15 is 0 Å². The fourth-order valence-corrected chi connectivity index (χ4v) is 4.13. The number of piperidine rings is 1. The van der Waals surface area contributed by atoms with Crippen molar-refractivity contribution in [3.05, 3.63) is 34.8 Å². The highest BCUT2D eigenvalue weighted by Crippen LogP contribution is 2.30. The quantitative estimate of drug-likeness (QED) is 0.890. The fourth-order valence-electron chi connectivity index (χ4n) is 3.09. The van der Waals surface area contributed by atoms with Gasteiger partial charge in [0, 0.05) is 24.7 Å². The van der Waals surface area contributed by atoms with Crippen LogP contribution in [0.2, 0.25) is 0 Å². The van der Waals surface area contributed by atoms with Crippen LogP contribution in [-0.2, 0) is 0 Å². The first kappa shape index (κ1) is 17.9. The van der Waals surface area contributed by atoms with Crippen molar-refractivity contribution in [1.29, 1.82) is 0 Å². The van der Waals surface area contributed by atoms with Crippen molar-refractivity contribution in [2.75, 3.05) is 26.7 Å². The van der Waals surface area contributed by atoms with Gasteiger partial charge in [-0.1, -0.05) is 0 Å². The summed E-state index contributed by atoms with van der Waals surface area (Å²) in [6, 6.07) is 8.40. The number of hydrogen-bond donors (Lipinski definition) is 1. The number of nitrogens with one attached hydrogen (secondary N) is 1. The summed E-state index contributed by atoms with van der Waals surface area (Å²) in [7, 11) is 1.98. The molecule has 134 valence electrons. The SMILES string of the molecule is CCOc1ccc(-c2nc(C)c(C(=O)N3CCC(NC)CC3)s2)cc1. The number of hydrogen-bond acceptors (Lipinski definition) is 5. The Hall–Kier alpha value is -1.92. The second kappa shape index (κ2) is 7.97. The van der Waals surface area contributed by atoms with Crippen molar-refractivity contribution >= 4 is 17.2 Å². The highest BCUT2D eigenvalue weighted by molar-refractivity contribution is 7.17. The number of carbonyl (C=O) groups excluding carboxylic acids is 1. The van der Waals surface area contributed by atoms with Crippen LogP contribution in [0, 0.1) is 6.92 Å². The average molecular weight is 359 g/mol. The molecule has 0 spiro atoms. The van der Waals surface area contributed by atoms with Gasteiger partial charge in [0.2, 0.25) is 0 Å². The number of aryl methyl sites for hydroxylation is 1. The number of thiazole rings is 1. The molecule has 1 fully saturated rings. The van der Waals surface area contributed by atoms with Crippen molar-refractivity contribution < 1.29 is 9.53 Å². The Balaban J connectivity index is 1.74. The van der Waals surface area contributed by atoms with Gasteiger partial charge in [-0.25, -0.2) is 4.98 Å². The molecule has 0 bridgehead atoms. The molecule has 6 heteroatoms. The van der Waals surface area contributed by atoms with Crippen LogP contribution in [0.3, 0.4) is 0 Å². The van der Waals surface area contributed by atoms with Crippen LogP contribution in [0.5, 0.6) is 5.75 Å². The van der Waals surface area contributed by atoms with Gasteiger partial charge in [-0.05, 0) is 58.0 Å². The molecule has 0 aliphatic carbocycles. The zero-order valence-corrected chi connectivity index (χ0v) is 15.9. The van der Waals surface area contributed by atoms with Crippen LogP contribution in [0.4, 0.5) is 0 Å². The largest absolute Gasteiger partial charge is 0.494 e. The van der Waals surface area contributed by atoms with Crippen LogP contribution >= 0.6 is 11.3 Å². The Morgan fingerprint density at radius 1 is 1.32 bits per heavy atom. The smallest absolute Gasteiger partial charge is 0.265 e. The Kier molecular flexibility index (Phi) is 5.71. The number of aromatic nitrogens is 1. The Labute approximate surface area is 153 Å². The fraction of sp³-hybridized carbons (Fsp3) is 0.474. The van der Waals surface area contributed by atoms with Gasteiger partial charge in [0.1, 0.15) is 15.6 Å². The van der Waals surface area contributed by atoms with Gasteiger partial charge < -0.3 is 15.0 Å². The van der Waals surface area contributed by atoms with E-state index in [-0.39, 0.29) is 5.91 Å². The lowest BCUT2D eigenvalue weighted by molar-refractivity contribution is 0.0711. The monoisotopic (exact) mass is 359 g/mol. The molecule has 0 saturated carbocycles. The summed E-state index contributed by atoms with van der Waals surface area (Å²) >= 11 is 1.48. The van der Waals surface area contributed by atoms with Gasteiger partial charge in [-0.2, -0.15) is 0 Å². The number of rotatable bonds is 5. The number of likely N-dealkylation sites (tertiary alicyclic amines) is 1. The molecular formula is C19H25N3O2S. The molecule has 0 atom stereocenters. The maximum Gasteiger partial charge on any atom is 0.265 e. The predicted molar refractivity (Wildman–Crippen MR) is 101 cm³/mol. The maximum absolute atomic E-state index is 12.9. The average Bonchev–Trinajstić information content (AvgIpc) is 3.04. The second-order valence-electron chi connectivity index (χ2n) is 6.25. The highest BCUT2D eigenvalue weighted by Gasteiger charge is 2.26. The molecule has 1 amide bonds.